The summed E-state index contributed by atoms with van der Waals surface area (Å²) in [5.41, 5.74) is 1.01. The lowest BCUT2D eigenvalue weighted by Crippen LogP contribution is -2.31. The molecule has 1 heterocycles. The first kappa shape index (κ1) is 17.5. The highest BCUT2D eigenvalue weighted by Crippen LogP contribution is 2.32. The first-order valence-corrected chi connectivity index (χ1v) is 8.24. The summed E-state index contributed by atoms with van der Waals surface area (Å²) < 4.78 is 11.2. The summed E-state index contributed by atoms with van der Waals surface area (Å²) in [6.07, 6.45) is 0.819. The molecule has 1 unspecified atom stereocenters. The number of hydrogen-bond acceptors (Lipinski definition) is 6. The van der Waals surface area contributed by atoms with Gasteiger partial charge in [0.1, 0.15) is 6.04 Å². The normalized spacial score (nSPS) is 14.0. The molecule has 2 aromatic carbocycles. The van der Waals surface area contributed by atoms with E-state index in [4.69, 9.17) is 9.47 Å². The van der Waals surface area contributed by atoms with E-state index in [9.17, 15) is 14.9 Å². The summed E-state index contributed by atoms with van der Waals surface area (Å²) in [7, 11) is 0. The van der Waals surface area contributed by atoms with Crippen molar-refractivity contribution < 1.29 is 19.2 Å². The number of nitro groups is 1. The van der Waals surface area contributed by atoms with Crippen LogP contribution in [0, 0.1) is 10.1 Å². The Morgan fingerprint density at radius 1 is 1.12 bits per heavy atom. The van der Waals surface area contributed by atoms with Crippen LogP contribution >= 0.6 is 0 Å². The zero-order valence-corrected chi connectivity index (χ0v) is 14.2. The van der Waals surface area contributed by atoms with Crippen molar-refractivity contribution in [2.45, 2.75) is 19.4 Å². The van der Waals surface area contributed by atoms with Gasteiger partial charge in [0.15, 0.2) is 11.5 Å². The van der Waals surface area contributed by atoms with Gasteiger partial charge in [-0.2, -0.15) is 0 Å². The average molecular weight is 357 g/mol. The number of rotatable bonds is 5. The monoisotopic (exact) mass is 357 g/mol. The van der Waals surface area contributed by atoms with E-state index in [1.165, 1.54) is 18.2 Å². The number of anilines is 2. The van der Waals surface area contributed by atoms with E-state index < -0.39 is 11.0 Å². The zero-order chi connectivity index (χ0) is 18.5. The molecule has 0 fully saturated rings. The predicted octanol–water partition coefficient (Wildman–Crippen LogP) is 3.20. The van der Waals surface area contributed by atoms with Gasteiger partial charge in [0, 0.05) is 36.0 Å². The number of nitrogens with zero attached hydrogens (tertiary/aromatic N) is 1. The third kappa shape index (κ3) is 4.21. The second-order valence-corrected chi connectivity index (χ2v) is 5.87. The van der Waals surface area contributed by atoms with Crippen LogP contribution in [0.3, 0.4) is 0 Å². The molecule has 0 aliphatic carbocycles. The largest absolute Gasteiger partial charge is 0.490 e. The number of nitrogens with one attached hydrogen (secondary N) is 2. The maximum Gasteiger partial charge on any atom is 0.271 e. The molecule has 0 spiro atoms. The van der Waals surface area contributed by atoms with Crippen LogP contribution in [0.25, 0.3) is 0 Å². The first-order chi connectivity index (χ1) is 12.5. The molecule has 2 aromatic rings. The van der Waals surface area contributed by atoms with Crippen molar-refractivity contribution in [3.05, 3.63) is 52.6 Å². The summed E-state index contributed by atoms with van der Waals surface area (Å²) in [6.45, 7) is 2.90. The van der Waals surface area contributed by atoms with E-state index in [1.807, 2.05) is 6.07 Å². The van der Waals surface area contributed by atoms with Gasteiger partial charge in [0.25, 0.3) is 5.69 Å². The summed E-state index contributed by atoms with van der Waals surface area (Å²) >= 11 is 0. The number of non-ortho nitro benzene ring substituents is 1. The number of nitro benzene ring substituents is 1. The van der Waals surface area contributed by atoms with Crippen molar-refractivity contribution in [3.63, 3.8) is 0 Å². The van der Waals surface area contributed by atoms with Crippen molar-refractivity contribution >= 4 is 23.0 Å². The fraction of sp³-hybridized carbons (Fsp3) is 0.278. The van der Waals surface area contributed by atoms with Crippen LogP contribution in [0.2, 0.25) is 0 Å². The van der Waals surface area contributed by atoms with Gasteiger partial charge in [-0.1, -0.05) is 6.07 Å². The number of amides is 1. The molecule has 1 aliphatic rings. The Morgan fingerprint density at radius 3 is 2.65 bits per heavy atom. The molecular formula is C18H19N3O5. The minimum Gasteiger partial charge on any atom is -0.490 e. The lowest BCUT2D eigenvalue weighted by molar-refractivity contribution is -0.384. The van der Waals surface area contributed by atoms with Crippen molar-refractivity contribution in [1.82, 2.24) is 0 Å². The summed E-state index contributed by atoms with van der Waals surface area (Å²) in [4.78, 5) is 22.7. The highest BCUT2D eigenvalue weighted by atomic mass is 16.6. The molecule has 0 aromatic heterocycles. The number of fused-ring (bicyclic) bond motifs is 1. The van der Waals surface area contributed by atoms with E-state index in [1.54, 1.807) is 25.1 Å². The average Bonchev–Trinajstić information content (AvgIpc) is 2.86. The summed E-state index contributed by atoms with van der Waals surface area (Å²) in [5, 5.41) is 16.6. The first-order valence-electron chi connectivity index (χ1n) is 8.24. The predicted molar refractivity (Wildman–Crippen MR) is 96.9 cm³/mol. The topological polar surface area (TPSA) is 103 Å². The molecule has 136 valence electrons. The molecule has 26 heavy (non-hydrogen) atoms. The van der Waals surface area contributed by atoms with Crippen LogP contribution in [0.15, 0.2) is 42.5 Å². The van der Waals surface area contributed by atoms with Crippen LogP contribution < -0.4 is 20.1 Å². The second kappa shape index (κ2) is 7.73. The Balaban J connectivity index is 1.65. The van der Waals surface area contributed by atoms with Crippen molar-refractivity contribution in [2.75, 3.05) is 23.8 Å². The molecule has 1 aliphatic heterocycles. The Morgan fingerprint density at radius 2 is 1.88 bits per heavy atom. The van der Waals surface area contributed by atoms with Crippen LogP contribution in [0.1, 0.15) is 13.3 Å². The van der Waals surface area contributed by atoms with Crippen LogP contribution in [-0.4, -0.2) is 30.1 Å². The van der Waals surface area contributed by atoms with Gasteiger partial charge in [0.05, 0.1) is 18.1 Å². The van der Waals surface area contributed by atoms with Crippen molar-refractivity contribution in [1.29, 1.82) is 0 Å². The SMILES string of the molecule is CC(Nc1ccc2c(c1)OCCCO2)C(=O)Nc1cccc([N+](=O)[O-])c1. The molecule has 8 nitrogen and oxygen atoms in total. The molecule has 0 radical (unpaired) electrons. The Labute approximate surface area is 150 Å². The highest BCUT2D eigenvalue weighted by molar-refractivity contribution is 5.96. The molecule has 0 saturated heterocycles. The number of hydrogen-bond donors (Lipinski definition) is 2. The molecule has 1 atom stereocenters. The van der Waals surface area contributed by atoms with Crippen LogP contribution in [0.4, 0.5) is 17.1 Å². The van der Waals surface area contributed by atoms with Gasteiger partial charge < -0.3 is 20.1 Å². The lowest BCUT2D eigenvalue weighted by Gasteiger charge is -2.16. The van der Waals surface area contributed by atoms with E-state index in [0.29, 0.717) is 30.4 Å². The van der Waals surface area contributed by atoms with E-state index >= 15 is 0 Å². The van der Waals surface area contributed by atoms with E-state index in [-0.39, 0.29) is 11.6 Å². The van der Waals surface area contributed by atoms with Gasteiger partial charge in [-0.05, 0) is 25.1 Å². The summed E-state index contributed by atoms with van der Waals surface area (Å²) in [5.74, 6) is 1.01. The number of ether oxygens (including phenoxy) is 2. The molecule has 2 N–H and O–H groups in total. The maximum atomic E-state index is 12.3. The van der Waals surface area contributed by atoms with Gasteiger partial charge in [-0.15, -0.1) is 0 Å². The zero-order valence-electron chi connectivity index (χ0n) is 14.2. The highest BCUT2D eigenvalue weighted by Gasteiger charge is 2.16. The number of benzene rings is 2. The smallest absolute Gasteiger partial charge is 0.271 e. The quantitative estimate of drug-likeness (QED) is 0.629. The van der Waals surface area contributed by atoms with Gasteiger partial charge in [-0.25, -0.2) is 0 Å². The minimum absolute atomic E-state index is 0.0775. The van der Waals surface area contributed by atoms with Crippen molar-refractivity contribution in [2.24, 2.45) is 0 Å². The maximum absolute atomic E-state index is 12.3. The Kier molecular flexibility index (Phi) is 5.21. The standard InChI is InChI=1S/C18H19N3O5/c1-12(18(22)20-13-4-2-5-15(10-13)21(23)24)19-14-6-7-16-17(11-14)26-9-3-8-25-16/h2,4-7,10-12,19H,3,8-9H2,1H3,(H,20,22). The van der Waals surface area contributed by atoms with Gasteiger partial charge in [0.2, 0.25) is 5.91 Å². The second-order valence-electron chi connectivity index (χ2n) is 5.87. The number of carbonyl (C=O) groups excluding carboxylic acids is 1. The van der Waals surface area contributed by atoms with E-state index in [2.05, 4.69) is 10.6 Å². The summed E-state index contributed by atoms with van der Waals surface area (Å²) in [6, 6.07) is 10.7. The molecule has 8 heteroatoms. The van der Waals surface area contributed by atoms with Gasteiger partial charge in [-0.3, -0.25) is 14.9 Å². The molecular weight excluding hydrogens is 338 g/mol. The fourth-order valence-corrected chi connectivity index (χ4v) is 2.52. The van der Waals surface area contributed by atoms with Crippen molar-refractivity contribution in [3.8, 4) is 11.5 Å². The molecule has 3 rings (SSSR count). The van der Waals surface area contributed by atoms with E-state index in [0.717, 1.165) is 12.1 Å². The number of carbonyl (C=O) groups is 1. The fourth-order valence-electron chi connectivity index (χ4n) is 2.52. The minimum atomic E-state index is -0.556. The van der Waals surface area contributed by atoms with Gasteiger partial charge >= 0.3 is 0 Å². The molecule has 0 saturated carbocycles. The third-order valence-corrected chi connectivity index (χ3v) is 3.85. The molecule has 1 amide bonds. The Bertz CT molecular complexity index is 824. The van der Waals surface area contributed by atoms with Crippen LogP contribution in [0.5, 0.6) is 11.5 Å². The Hall–Kier alpha value is -3.29. The lowest BCUT2D eigenvalue weighted by atomic mass is 10.2. The third-order valence-electron chi connectivity index (χ3n) is 3.85. The molecule has 0 bridgehead atoms. The van der Waals surface area contributed by atoms with Crippen LogP contribution in [-0.2, 0) is 4.79 Å².